The third-order valence-electron chi connectivity index (χ3n) is 3.78. The maximum atomic E-state index is 9.14. The van der Waals surface area contributed by atoms with Crippen molar-refractivity contribution in [3.8, 4) is 0 Å². The van der Waals surface area contributed by atoms with Crippen LogP contribution in [0.25, 0.3) is 0 Å². The minimum atomic E-state index is 0.284. The van der Waals surface area contributed by atoms with Crippen LogP contribution in [0.3, 0.4) is 0 Å². The number of hydrogen-bond acceptors (Lipinski definition) is 2. The summed E-state index contributed by atoms with van der Waals surface area (Å²) < 4.78 is 0. The molecule has 0 aliphatic heterocycles. The maximum absolute atomic E-state index is 9.14. The Labute approximate surface area is 74.1 Å². The molecular formula is C10H19NO. The second-order valence-electron chi connectivity index (χ2n) is 4.55. The number of nitrogens with two attached hydrogens (primary N) is 1. The van der Waals surface area contributed by atoms with Gasteiger partial charge in [0.05, 0.1) is 0 Å². The van der Waals surface area contributed by atoms with Crippen LogP contribution < -0.4 is 5.73 Å². The van der Waals surface area contributed by atoms with E-state index >= 15 is 0 Å². The second-order valence-corrected chi connectivity index (χ2v) is 4.55. The van der Waals surface area contributed by atoms with Gasteiger partial charge < -0.3 is 10.8 Å². The average Bonchev–Trinajstić information content (AvgIpc) is 2.12. The number of aliphatic hydroxyl groups is 1. The van der Waals surface area contributed by atoms with Crippen molar-refractivity contribution < 1.29 is 5.11 Å². The Hall–Kier alpha value is -0.0800. The van der Waals surface area contributed by atoms with Crippen LogP contribution in [0.5, 0.6) is 0 Å². The Kier molecular flexibility index (Phi) is 2.37. The van der Waals surface area contributed by atoms with E-state index in [1.807, 2.05) is 0 Å². The lowest BCUT2D eigenvalue weighted by atomic mass is 9.66. The van der Waals surface area contributed by atoms with E-state index in [9.17, 15) is 0 Å². The first-order chi connectivity index (χ1) is 5.81. The fourth-order valence-corrected chi connectivity index (χ4v) is 3.06. The highest BCUT2D eigenvalue weighted by molar-refractivity contribution is 4.91. The van der Waals surface area contributed by atoms with Crippen molar-refractivity contribution in [1.82, 2.24) is 0 Å². The monoisotopic (exact) mass is 169 g/mol. The molecule has 2 fully saturated rings. The van der Waals surface area contributed by atoms with Crippen LogP contribution in [0, 0.1) is 17.8 Å². The topological polar surface area (TPSA) is 46.2 Å². The first-order valence-electron chi connectivity index (χ1n) is 5.17. The summed E-state index contributed by atoms with van der Waals surface area (Å²) >= 11 is 0. The second kappa shape index (κ2) is 3.35. The molecule has 4 unspecified atom stereocenters. The molecule has 0 aromatic heterocycles. The molecule has 0 radical (unpaired) electrons. The van der Waals surface area contributed by atoms with Gasteiger partial charge in [0.2, 0.25) is 0 Å². The molecule has 12 heavy (non-hydrogen) atoms. The van der Waals surface area contributed by atoms with Gasteiger partial charge in [-0.05, 0) is 37.0 Å². The van der Waals surface area contributed by atoms with Gasteiger partial charge in [-0.3, -0.25) is 0 Å². The van der Waals surface area contributed by atoms with Crippen LogP contribution in [-0.2, 0) is 0 Å². The van der Waals surface area contributed by atoms with E-state index in [0.29, 0.717) is 12.5 Å². The molecule has 2 heteroatoms. The van der Waals surface area contributed by atoms with Crippen LogP contribution in [0.4, 0.5) is 0 Å². The van der Waals surface area contributed by atoms with Gasteiger partial charge in [0.15, 0.2) is 0 Å². The van der Waals surface area contributed by atoms with Gasteiger partial charge in [-0.2, -0.15) is 0 Å². The van der Waals surface area contributed by atoms with E-state index in [0.717, 1.165) is 11.8 Å². The van der Waals surface area contributed by atoms with Gasteiger partial charge >= 0.3 is 0 Å². The van der Waals surface area contributed by atoms with Crippen molar-refractivity contribution in [3.05, 3.63) is 0 Å². The molecule has 2 rings (SSSR count). The van der Waals surface area contributed by atoms with Crippen LogP contribution in [0.1, 0.15) is 32.1 Å². The molecule has 0 aromatic carbocycles. The van der Waals surface area contributed by atoms with Crippen molar-refractivity contribution in [2.75, 3.05) is 6.61 Å². The van der Waals surface area contributed by atoms with E-state index in [4.69, 9.17) is 10.8 Å². The Bertz CT molecular complexity index is 158. The summed E-state index contributed by atoms with van der Waals surface area (Å²) in [7, 11) is 0. The summed E-state index contributed by atoms with van der Waals surface area (Å²) in [6.07, 6.45) is 6.54. The van der Waals surface area contributed by atoms with Crippen molar-refractivity contribution in [3.63, 3.8) is 0 Å². The van der Waals surface area contributed by atoms with E-state index in [-0.39, 0.29) is 6.04 Å². The minimum Gasteiger partial charge on any atom is -0.396 e. The standard InChI is InChI=1S/C10H19NO/c11-10-8-3-1-2-7(4-8)5-9(10)6-12/h7-10,12H,1-6,11H2. The fourth-order valence-electron chi connectivity index (χ4n) is 3.06. The molecule has 0 amide bonds. The van der Waals surface area contributed by atoms with Crippen LogP contribution in [-0.4, -0.2) is 17.8 Å². The smallest absolute Gasteiger partial charge is 0.0474 e. The minimum absolute atomic E-state index is 0.284. The largest absolute Gasteiger partial charge is 0.396 e. The zero-order chi connectivity index (χ0) is 8.55. The highest BCUT2D eigenvalue weighted by Crippen LogP contribution is 2.41. The molecule has 2 aliphatic rings. The van der Waals surface area contributed by atoms with Gasteiger partial charge in [-0.25, -0.2) is 0 Å². The van der Waals surface area contributed by atoms with Gasteiger partial charge in [0.25, 0.3) is 0 Å². The van der Waals surface area contributed by atoms with E-state index in [2.05, 4.69) is 0 Å². The molecule has 2 bridgehead atoms. The third-order valence-corrected chi connectivity index (χ3v) is 3.78. The molecule has 70 valence electrons. The zero-order valence-electron chi connectivity index (χ0n) is 7.58. The van der Waals surface area contributed by atoms with Gasteiger partial charge in [0, 0.05) is 12.6 Å². The predicted molar refractivity (Wildman–Crippen MR) is 48.6 cm³/mol. The summed E-state index contributed by atoms with van der Waals surface area (Å²) in [5.74, 6) is 1.99. The van der Waals surface area contributed by atoms with E-state index < -0.39 is 0 Å². The Morgan fingerprint density at radius 1 is 1.25 bits per heavy atom. The van der Waals surface area contributed by atoms with Crippen molar-refractivity contribution in [2.24, 2.45) is 23.5 Å². The average molecular weight is 169 g/mol. The zero-order valence-corrected chi connectivity index (χ0v) is 7.58. The molecule has 0 aromatic rings. The number of fused-ring (bicyclic) bond motifs is 2. The lowest BCUT2D eigenvalue weighted by Gasteiger charge is -2.43. The van der Waals surface area contributed by atoms with E-state index in [1.54, 1.807) is 0 Å². The van der Waals surface area contributed by atoms with Gasteiger partial charge in [0.1, 0.15) is 0 Å². The molecule has 2 aliphatic carbocycles. The highest BCUT2D eigenvalue weighted by Gasteiger charge is 2.37. The van der Waals surface area contributed by atoms with Crippen LogP contribution in [0.15, 0.2) is 0 Å². The van der Waals surface area contributed by atoms with Crippen LogP contribution >= 0.6 is 0 Å². The Morgan fingerprint density at radius 3 is 2.83 bits per heavy atom. The van der Waals surface area contributed by atoms with Crippen molar-refractivity contribution in [1.29, 1.82) is 0 Å². The number of hydrogen-bond donors (Lipinski definition) is 2. The first-order valence-corrected chi connectivity index (χ1v) is 5.17. The summed E-state index contributed by atoms with van der Waals surface area (Å²) in [6, 6.07) is 0.284. The molecule has 0 heterocycles. The SMILES string of the molecule is NC1C(CO)CC2CCCC1C2. The fraction of sp³-hybridized carbons (Fsp3) is 1.00. The summed E-state index contributed by atoms with van der Waals surface area (Å²) in [5, 5.41) is 9.14. The molecule has 2 saturated carbocycles. The quantitative estimate of drug-likeness (QED) is 0.618. The lowest BCUT2D eigenvalue weighted by molar-refractivity contribution is 0.0702. The molecule has 2 nitrogen and oxygen atoms in total. The molecule has 0 saturated heterocycles. The summed E-state index contributed by atoms with van der Waals surface area (Å²) in [4.78, 5) is 0. The van der Waals surface area contributed by atoms with Crippen molar-refractivity contribution in [2.45, 2.75) is 38.1 Å². The molecular weight excluding hydrogens is 150 g/mol. The van der Waals surface area contributed by atoms with Gasteiger partial charge in [-0.1, -0.05) is 12.8 Å². The lowest BCUT2D eigenvalue weighted by Crippen LogP contribution is -2.46. The molecule has 3 N–H and O–H groups in total. The molecule has 4 atom stereocenters. The maximum Gasteiger partial charge on any atom is 0.0474 e. The number of aliphatic hydroxyl groups excluding tert-OH is 1. The Balaban J connectivity index is 2.03. The summed E-state index contributed by atoms with van der Waals surface area (Å²) in [6.45, 7) is 0.300. The number of rotatable bonds is 1. The first kappa shape index (κ1) is 8.52. The van der Waals surface area contributed by atoms with Gasteiger partial charge in [-0.15, -0.1) is 0 Å². The van der Waals surface area contributed by atoms with E-state index in [1.165, 1.54) is 32.1 Å². The predicted octanol–water partition coefficient (Wildman–Crippen LogP) is 1.13. The normalized spacial score (nSPS) is 47.5. The van der Waals surface area contributed by atoms with Crippen molar-refractivity contribution >= 4 is 0 Å². The Morgan fingerprint density at radius 2 is 2.08 bits per heavy atom. The third kappa shape index (κ3) is 1.38. The molecule has 0 spiro atoms. The van der Waals surface area contributed by atoms with Crippen LogP contribution in [0.2, 0.25) is 0 Å². The summed E-state index contributed by atoms with van der Waals surface area (Å²) in [5.41, 5.74) is 6.08. The highest BCUT2D eigenvalue weighted by atomic mass is 16.3.